The number of anilines is 2. The molecule has 0 bridgehead atoms. The van der Waals surface area contributed by atoms with Crippen LogP contribution in [0.15, 0.2) is 54.6 Å². The molecule has 0 aliphatic rings. The number of carbonyl (C=O) groups excluding carboxylic acids is 1. The van der Waals surface area contributed by atoms with Crippen LogP contribution in [-0.2, 0) is 0 Å². The zero-order valence-corrected chi connectivity index (χ0v) is 13.6. The Kier molecular flexibility index (Phi) is 4.99. The molecule has 0 aliphatic heterocycles. The Balaban J connectivity index is 2.07. The van der Waals surface area contributed by atoms with Gasteiger partial charge in [-0.05, 0) is 48.0 Å². The second-order valence-electron chi connectivity index (χ2n) is 5.62. The van der Waals surface area contributed by atoms with Crippen molar-refractivity contribution < 1.29 is 4.79 Å². The van der Waals surface area contributed by atoms with Crippen LogP contribution in [0.4, 0.5) is 11.4 Å². The van der Waals surface area contributed by atoms with Crippen LogP contribution in [0.5, 0.6) is 0 Å². The lowest BCUT2D eigenvalue weighted by Gasteiger charge is -2.12. The van der Waals surface area contributed by atoms with E-state index in [0.29, 0.717) is 5.56 Å². The maximum atomic E-state index is 12.2. The largest absolute Gasteiger partial charge is 0.378 e. The first-order chi connectivity index (χ1) is 10.5. The summed E-state index contributed by atoms with van der Waals surface area (Å²) in [5, 5.41) is 0. The van der Waals surface area contributed by atoms with Crippen LogP contribution in [-0.4, -0.2) is 34.0 Å². The Morgan fingerprint density at radius 3 is 1.68 bits per heavy atom. The van der Waals surface area contributed by atoms with Crippen molar-refractivity contribution in [1.29, 1.82) is 0 Å². The molecule has 0 heterocycles. The first-order valence-corrected chi connectivity index (χ1v) is 7.24. The molecule has 0 fully saturated rings. The minimum atomic E-state index is 0.0157. The molecule has 3 heteroatoms. The third kappa shape index (κ3) is 3.98. The number of carbonyl (C=O) groups is 1. The molecule has 0 radical (unpaired) electrons. The highest BCUT2D eigenvalue weighted by Crippen LogP contribution is 2.15. The first-order valence-electron chi connectivity index (χ1n) is 7.24. The smallest absolute Gasteiger partial charge is 0.185 e. The van der Waals surface area contributed by atoms with Crippen molar-refractivity contribution in [3.63, 3.8) is 0 Å². The molecule has 0 atom stereocenters. The van der Waals surface area contributed by atoms with Crippen molar-refractivity contribution in [1.82, 2.24) is 0 Å². The summed E-state index contributed by atoms with van der Waals surface area (Å²) in [6, 6.07) is 15.7. The van der Waals surface area contributed by atoms with E-state index in [1.165, 1.54) is 0 Å². The summed E-state index contributed by atoms with van der Waals surface area (Å²) in [7, 11) is 7.97. The summed E-state index contributed by atoms with van der Waals surface area (Å²) in [4.78, 5) is 16.2. The number of nitrogens with zero attached hydrogens (tertiary/aromatic N) is 2. The fourth-order valence-electron chi connectivity index (χ4n) is 2.08. The van der Waals surface area contributed by atoms with Crippen molar-refractivity contribution >= 4 is 23.2 Å². The van der Waals surface area contributed by atoms with Gasteiger partial charge in [0.1, 0.15) is 0 Å². The molecule has 0 spiro atoms. The Morgan fingerprint density at radius 1 is 0.773 bits per heavy atom. The van der Waals surface area contributed by atoms with Crippen LogP contribution in [0.25, 0.3) is 6.08 Å². The topological polar surface area (TPSA) is 23.6 Å². The molecule has 114 valence electrons. The Bertz CT molecular complexity index is 653. The Labute approximate surface area is 132 Å². The minimum absolute atomic E-state index is 0.0157. The monoisotopic (exact) mass is 294 g/mol. The molecule has 0 aromatic heterocycles. The summed E-state index contributed by atoms with van der Waals surface area (Å²) in [5.74, 6) is 0.0157. The number of rotatable bonds is 5. The third-order valence-electron chi connectivity index (χ3n) is 3.50. The quantitative estimate of drug-likeness (QED) is 0.620. The Hall–Kier alpha value is -2.55. The zero-order chi connectivity index (χ0) is 16.1. The molecule has 0 unspecified atom stereocenters. The fraction of sp³-hybridized carbons (Fsp3) is 0.211. The van der Waals surface area contributed by atoms with Crippen molar-refractivity contribution in [2.75, 3.05) is 38.0 Å². The van der Waals surface area contributed by atoms with Gasteiger partial charge in [-0.3, -0.25) is 4.79 Å². The fourth-order valence-corrected chi connectivity index (χ4v) is 2.08. The Morgan fingerprint density at radius 2 is 1.23 bits per heavy atom. The van der Waals surface area contributed by atoms with E-state index in [9.17, 15) is 4.79 Å². The van der Waals surface area contributed by atoms with Gasteiger partial charge in [-0.25, -0.2) is 0 Å². The number of hydrogen-bond donors (Lipinski definition) is 0. The normalized spacial score (nSPS) is 10.7. The number of hydrogen-bond acceptors (Lipinski definition) is 3. The molecule has 0 amide bonds. The van der Waals surface area contributed by atoms with Gasteiger partial charge in [0.05, 0.1) is 0 Å². The average molecular weight is 294 g/mol. The standard InChI is InChI=1S/C19H22N2O/c1-20(2)17-10-5-15(6-11-17)7-14-19(22)16-8-12-18(13-9-16)21(3)4/h5-14H,1-4H3. The zero-order valence-electron chi connectivity index (χ0n) is 13.6. The summed E-state index contributed by atoms with van der Waals surface area (Å²) in [5.41, 5.74) is 3.94. The van der Waals surface area contributed by atoms with Crippen molar-refractivity contribution in [3.8, 4) is 0 Å². The first kappa shape index (κ1) is 15.8. The molecular weight excluding hydrogens is 272 g/mol. The second kappa shape index (κ2) is 6.94. The summed E-state index contributed by atoms with van der Waals surface area (Å²) < 4.78 is 0. The average Bonchev–Trinajstić information content (AvgIpc) is 2.53. The highest BCUT2D eigenvalue weighted by Gasteiger charge is 2.02. The van der Waals surface area contributed by atoms with Crippen LogP contribution in [0.1, 0.15) is 15.9 Å². The van der Waals surface area contributed by atoms with Crippen molar-refractivity contribution in [2.24, 2.45) is 0 Å². The molecule has 3 nitrogen and oxygen atoms in total. The number of benzene rings is 2. The predicted molar refractivity (Wildman–Crippen MR) is 94.9 cm³/mol. The molecule has 2 aromatic rings. The molecule has 0 saturated carbocycles. The molecule has 2 aromatic carbocycles. The van der Waals surface area contributed by atoms with Gasteiger partial charge in [-0.2, -0.15) is 0 Å². The molecular formula is C19H22N2O. The van der Waals surface area contributed by atoms with Crippen molar-refractivity contribution in [2.45, 2.75) is 0 Å². The lowest BCUT2D eigenvalue weighted by atomic mass is 10.1. The van der Waals surface area contributed by atoms with E-state index < -0.39 is 0 Å². The summed E-state index contributed by atoms with van der Waals surface area (Å²) >= 11 is 0. The number of ketones is 1. The SMILES string of the molecule is CN(C)c1ccc(C=CC(=O)c2ccc(N(C)C)cc2)cc1. The van der Waals surface area contributed by atoms with Gasteiger partial charge in [0.15, 0.2) is 5.78 Å². The maximum Gasteiger partial charge on any atom is 0.185 e. The van der Waals surface area contributed by atoms with Crippen LogP contribution in [0, 0.1) is 0 Å². The van der Waals surface area contributed by atoms with E-state index >= 15 is 0 Å². The highest BCUT2D eigenvalue weighted by atomic mass is 16.1. The van der Waals surface area contributed by atoms with E-state index in [2.05, 4.69) is 0 Å². The van der Waals surface area contributed by atoms with Crippen LogP contribution in [0.2, 0.25) is 0 Å². The second-order valence-corrected chi connectivity index (χ2v) is 5.62. The van der Waals surface area contributed by atoms with Gasteiger partial charge in [0.2, 0.25) is 0 Å². The lowest BCUT2D eigenvalue weighted by Crippen LogP contribution is -2.08. The summed E-state index contributed by atoms with van der Waals surface area (Å²) in [6.07, 6.45) is 3.47. The van der Waals surface area contributed by atoms with E-state index in [4.69, 9.17) is 0 Å². The van der Waals surface area contributed by atoms with Crippen LogP contribution >= 0.6 is 0 Å². The van der Waals surface area contributed by atoms with Gasteiger partial charge in [-0.15, -0.1) is 0 Å². The van der Waals surface area contributed by atoms with Gasteiger partial charge in [-0.1, -0.05) is 18.2 Å². The maximum absolute atomic E-state index is 12.2. The van der Waals surface area contributed by atoms with Gasteiger partial charge >= 0.3 is 0 Å². The molecule has 0 aliphatic carbocycles. The molecule has 22 heavy (non-hydrogen) atoms. The molecule has 2 rings (SSSR count). The van der Waals surface area contributed by atoms with E-state index in [-0.39, 0.29) is 5.78 Å². The lowest BCUT2D eigenvalue weighted by molar-refractivity contribution is 0.104. The molecule has 0 N–H and O–H groups in total. The van der Waals surface area contributed by atoms with Crippen molar-refractivity contribution in [3.05, 3.63) is 65.7 Å². The predicted octanol–water partition coefficient (Wildman–Crippen LogP) is 3.71. The minimum Gasteiger partial charge on any atom is -0.378 e. The van der Waals surface area contributed by atoms with E-state index in [1.54, 1.807) is 6.08 Å². The number of allylic oxidation sites excluding steroid dienone is 1. The van der Waals surface area contributed by atoms with Gasteiger partial charge in [0.25, 0.3) is 0 Å². The van der Waals surface area contributed by atoms with Gasteiger partial charge in [0, 0.05) is 45.1 Å². The van der Waals surface area contributed by atoms with E-state index in [1.807, 2.05) is 92.6 Å². The van der Waals surface area contributed by atoms with Crippen LogP contribution in [0.3, 0.4) is 0 Å². The summed E-state index contributed by atoms with van der Waals surface area (Å²) in [6.45, 7) is 0. The highest BCUT2D eigenvalue weighted by molar-refractivity contribution is 6.07. The van der Waals surface area contributed by atoms with E-state index in [0.717, 1.165) is 16.9 Å². The van der Waals surface area contributed by atoms with Gasteiger partial charge < -0.3 is 9.80 Å². The third-order valence-corrected chi connectivity index (χ3v) is 3.50. The van der Waals surface area contributed by atoms with Crippen LogP contribution < -0.4 is 9.80 Å². The molecule has 0 saturated heterocycles.